The Labute approximate surface area is 190 Å². The molecule has 32 heavy (non-hydrogen) atoms. The number of amides is 1. The fourth-order valence-electron chi connectivity index (χ4n) is 2.88. The Morgan fingerprint density at radius 3 is 2.47 bits per heavy atom. The minimum absolute atomic E-state index is 0.109. The number of carbonyl (C=O) groups is 1. The molecule has 0 spiro atoms. The van der Waals surface area contributed by atoms with Gasteiger partial charge in [-0.25, -0.2) is 14.8 Å². The molecule has 0 aliphatic carbocycles. The van der Waals surface area contributed by atoms with Crippen molar-refractivity contribution >= 4 is 30.1 Å². The van der Waals surface area contributed by atoms with E-state index >= 15 is 0 Å². The Morgan fingerprint density at radius 2 is 1.94 bits per heavy atom. The SMILES string of the molecule is CN(C)c1cc(-c2cc(-c3cnc(NC(=O)OC(C)(C)C)nc3)[nH]c(=S)c2C#N)n(C)n1. The molecule has 0 atom stereocenters. The lowest BCUT2D eigenvalue weighted by Gasteiger charge is -2.19. The molecule has 3 aromatic rings. The van der Waals surface area contributed by atoms with E-state index in [4.69, 9.17) is 17.0 Å². The van der Waals surface area contributed by atoms with Gasteiger partial charge in [0.15, 0.2) is 5.82 Å². The van der Waals surface area contributed by atoms with Gasteiger partial charge < -0.3 is 14.6 Å². The van der Waals surface area contributed by atoms with Gasteiger partial charge in [-0.3, -0.25) is 10.00 Å². The van der Waals surface area contributed by atoms with Crippen molar-refractivity contribution in [3.8, 4) is 28.6 Å². The van der Waals surface area contributed by atoms with E-state index in [0.717, 1.165) is 11.5 Å². The molecule has 3 aromatic heterocycles. The summed E-state index contributed by atoms with van der Waals surface area (Å²) in [7, 11) is 5.59. The first-order chi connectivity index (χ1) is 15.0. The van der Waals surface area contributed by atoms with Crippen molar-refractivity contribution in [1.29, 1.82) is 5.26 Å². The second kappa shape index (κ2) is 8.76. The van der Waals surface area contributed by atoms with Gasteiger partial charge in [-0.1, -0.05) is 12.2 Å². The van der Waals surface area contributed by atoms with Crippen LogP contribution in [0.3, 0.4) is 0 Å². The zero-order chi connectivity index (χ0) is 23.6. The van der Waals surface area contributed by atoms with E-state index in [1.807, 2.05) is 38.2 Å². The normalized spacial score (nSPS) is 11.0. The molecule has 10 nitrogen and oxygen atoms in total. The number of carbonyl (C=O) groups excluding carboxylic acids is 1. The van der Waals surface area contributed by atoms with Crippen LogP contribution in [0.1, 0.15) is 26.3 Å². The highest BCUT2D eigenvalue weighted by Crippen LogP contribution is 2.30. The van der Waals surface area contributed by atoms with Gasteiger partial charge >= 0.3 is 6.09 Å². The minimum atomic E-state index is -0.641. The summed E-state index contributed by atoms with van der Waals surface area (Å²) in [4.78, 5) is 25.2. The van der Waals surface area contributed by atoms with E-state index in [-0.39, 0.29) is 5.95 Å². The van der Waals surface area contributed by atoms with Crippen LogP contribution in [0, 0.1) is 16.0 Å². The molecule has 0 saturated carbocycles. The zero-order valence-electron chi connectivity index (χ0n) is 18.7. The van der Waals surface area contributed by atoms with Crippen LogP contribution in [0.25, 0.3) is 22.5 Å². The van der Waals surface area contributed by atoms with Crippen LogP contribution in [-0.2, 0) is 11.8 Å². The number of aryl methyl sites for hydroxylation is 1. The van der Waals surface area contributed by atoms with Crippen molar-refractivity contribution in [3.63, 3.8) is 0 Å². The molecule has 3 rings (SSSR count). The van der Waals surface area contributed by atoms with E-state index in [1.54, 1.807) is 37.8 Å². The third-order valence-corrected chi connectivity index (χ3v) is 4.63. The highest BCUT2D eigenvalue weighted by molar-refractivity contribution is 7.71. The summed E-state index contributed by atoms with van der Waals surface area (Å²) in [5, 5.41) is 16.6. The molecule has 11 heteroatoms. The molecule has 0 aromatic carbocycles. The van der Waals surface area contributed by atoms with Crippen LogP contribution in [0.5, 0.6) is 0 Å². The van der Waals surface area contributed by atoms with Crippen LogP contribution in [0.4, 0.5) is 16.6 Å². The number of nitrogens with zero attached hydrogens (tertiary/aromatic N) is 6. The van der Waals surface area contributed by atoms with Gasteiger partial charge in [-0.2, -0.15) is 10.4 Å². The molecule has 2 N–H and O–H groups in total. The highest BCUT2D eigenvalue weighted by atomic mass is 32.1. The monoisotopic (exact) mass is 452 g/mol. The molecule has 0 radical (unpaired) electrons. The van der Waals surface area contributed by atoms with Crippen LogP contribution in [-0.4, -0.2) is 50.5 Å². The van der Waals surface area contributed by atoms with Gasteiger partial charge in [0, 0.05) is 50.7 Å². The first kappa shape index (κ1) is 22.9. The predicted molar refractivity (Wildman–Crippen MR) is 124 cm³/mol. The lowest BCUT2D eigenvalue weighted by molar-refractivity contribution is 0.0634. The van der Waals surface area contributed by atoms with E-state index in [1.165, 1.54) is 0 Å². The number of nitriles is 1. The average Bonchev–Trinajstić information content (AvgIpc) is 3.08. The first-order valence-corrected chi connectivity index (χ1v) is 10.1. The second-order valence-corrected chi connectivity index (χ2v) is 8.65. The highest BCUT2D eigenvalue weighted by Gasteiger charge is 2.18. The summed E-state index contributed by atoms with van der Waals surface area (Å²) in [6, 6.07) is 5.87. The number of hydrogen-bond acceptors (Lipinski definition) is 8. The minimum Gasteiger partial charge on any atom is -0.444 e. The second-order valence-electron chi connectivity index (χ2n) is 8.24. The fraction of sp³-hybridized carbons (Fsp3) is 0.333. The lowest BCUT2D eigenvalue weighted by Crippen LogP contribution is -2.27. The number of ether oxygens (including phenoxy) is 1. The lowest BCUT2D eigenvalue weighted by atomic mass is 10.0. The van der Waals surface area contributed by atoms with Crippen LogP contribution in [0.2, 0.25) is 0 Å². The van der Waals surface area contributed by atoms with Gasteiger partial charge in [0.25, 0.3) is 0 Å². The van der Waals surface area contributed by atoms with Gasteiger partial charge in [-0.05, 0) is 26.8 Å². The number of hydrogen-bond donors (Lipinski definition) is 2. The van der Waals surface area contributed by atoms with Crippen molar-refractivity contribution in [2.45, 2.75) is 26.4 Å². The van der Waals surface area contributed by atoms with Crippen LogP contribution in [0.15, 0.2) is 24.5 Å². The van der Waals surface area contributed by atoms with Crippen molar-refractivity contribution in [3.05, 3.63) is 34.7 Å². The Bertz CT molecular complexity index is 1250. The van der Waals surface area contributed by atoms with Crippen molar-refractivity contribution in [2.24, 2.45) is 7.05 Å². The third kappa shape index (κ3) is 5.09. The summed E-state index contributed by atoms with van der Waals surface area (Å²) in [5.74, 6) is 0.866. The van der Waals surface area contributed by atoms with Crippen LogP contribution >= 0.6 is 12.2 Å². The molecule has 0 saturated heterocycles. The third-order valence-electron chi connectivity index (χ3n) is 4.32. The molecule has 0 bridgehead atoms. The smallest absolute Gasteiger partial charge is 0.414 e. The van der Waals surface area contributed by atoms with Crippen molar-refractivity contribution < 1.29 is 9.53 Å². The molecule has 0 aliphatic heterocycles. The predicted octanol–water partition coefficient (Wildman–Crippen LogP) is 3.89. The van der Waals surface area contributed by atoms with E-state index < -0.39 is 11.7 Å². The quantitative estimate of drug-likeness (QED) is 0.571. The molecular weight excluding hydrogens is 428 g/mol. The maximum absolute atomic E-state index is 11.9. The zero-order valence-corrected chi connectivity index (χ0v) is 19.5. The van der Waals surface area contributed by atoms with E-state index in [2.05, 4.69) is 31.4 Å². The molecule has 166 valence electrons. The summed E-state index contributed by atoms with van der Waals surface area (Å²) in [5.41, 5.74) is 2.37. The van der Waals surface area contributed by atoms with Gasteiger partial charge in [-0.15, -0.1) is 0 Å². The van der Waals surface area contributed by atoms with Crippen molar-refractivity contribution in [1.82, 2.24) is 24.7 Å². The number of aromatic amines is 1. The Balaban J connectivity index is 1.97. The summed E-state index contributed by atoms with van der Waals surface area (Å²) < 4.78 is 7.20. The fourth-order valence-corrected chi connectivity index (χ4v) is 3.14. The molecule has 1 amide bonds. The number of pyridine rings is 1. The van der Waals surface area contributed by atoms with Gasteiger partial charge in [0.05, 0.1) is 17.0 Å². The molecule has 0 unspecified atom stereocenters. The number of rotatable bonds is 4. The molecule has 3 heterocycles. The standard InChI is InChI=1S/C21H24N8O2S/c1-21(2,3)31-20(30)26-19-23-10-12(11-24-19)15-7-13(14(9-22)18(32)25-15)16-8-17(28(4)5)27-29(16)6/h7-8,10-11H,1-6H3,(H,25,32)(H,23,24,26,30). The average molecular weight is 453 g/mol. The van der Waals surface area contributed by atoms with E-state index in [9.17, 15) is 10.1 Å². The summed E-state index contributed by atoms with van der Waals surface area (Å²) >= 11 is 5.43. The first-order valence-electron chi connectivity index (χ1n) is 9.70. The number of nitrogens with one attached hydrogen (secondary N) is 2. The summed E-state index contributed by atoms with van der Waals surface area (Å²) in [6.07, 6.45) is 2.45. The molecule has 0 aliphatic rings. The molecule has 0 fully saturated rings. The maximum atomic E-state index is 11.9. The maximum Gasteiger partial charge on any atom is 0.414 e. The summed E-state index contributed by atoms with van der Waals surface area (Å²) in [6.45, 7) is 5.31. The Kier molecular flexibility index (Phi) is 6.27. The number of aromatic nitrogens is 5. The topological polar surface area (TPSA) is 125 Å². The number of H-pyrrole nitrogens is 1. The van der Waals surface area contributed by atoms with E-state index in [0.29, 0.717) is 27.0 Å². The van der Waals surface area contributed by atoms with Gasteiger partial charge in [0.1, 0.15) is 16.3 Å². The largest absolute Gasteiger partial charge is 0.444 e. The Morgan fingerprint density at radius 1 is 1.28 bits per heavy atom. The Hall–Kier alpha value is -3.78. The number of anilines is 2. The van der Waals surface area contributed by atoms with Crippen LogP contribution < -0.4 is 10.2 Å². The van der Waals surface area contributed by atoms with Crippen molar-refractivity contribution in [2.75, 3.05) is 24.3 Å². The molecular formula is C21H24N8O2S. The van der Waals surface area contributed by atoms with Gasteiger partial charge in [0.2, 0.25) is 5.95 Å².